The molecule has 1 aromatic carbocycles. The van der Waals surface area contributed by atoms with E-state index in [0.29, 0.717) is 30.5 Å². The Bertz CT molecular complexity index is 802. The van der Waals surface area contributed by atoms with Crippen LogP contribution in [0.5, 0.6) is 0 Å². The van der Waals surface area contributed by atoms with Gasteiger partial charge in [-0.25, -0.2) is 9.07 Å². The highest BCUT2D eigenvalue weighted by molar-refractivity contribution is 5.85. The Hall–Kier alpha value is -2.65. The van der Waals surface area contributed by atoms with Crippen LogP contribution in [-0.2, 0) is 24.6 Å². The van der Waals surface area contributed by atoms with Crippen LogP contribution in [0.25, 0.3) is 0 Å². The summed E-state index contributed by atoms with van der Waals surface area (Å²) in [5.41, 5.74) is -0.838. The molecule has 10 heteroatoms. The van der Waals surface area contributed by atoms with E-state index in [0.717, 1.165) is 12.1 Å². The fourth-order valence-electron chi connectivity index (χ4n) is 2.81. The lowest BCUT2D eigenvalue weighted by Gasteiger charge is -2.22. The third-order valence-corrected chi connectivity index (χ3v) is 4.06. The minimum atomic E-state index is -4.70. The molecule has 3 rings (SSSR count). The molecular weight excluding hydrogens is 342 g/mol. The van der Waals surface area contributed by atoms with Gasteiger partial charge in [-0.1, -0.05) is 11.3 Å². The van der Waals surface area contributed by atoms with E-state index >= 15 is 0 Å². The minimum absolute atomic E-state index is 0.199. The number of hydrogen-bond donors (Lipinski definition) is 2. The largest absolute Gasteiger partial charge is 0.416 e. The highest BCUT2D eigenvalue weighted by Crippen LogP contribution is 2.33. The monoisotopic (exact) mass is 357 g/mol. The molecule has 1 unspecified atom stereocenters. The van der Waals surface area contributed by atoms with E-state index in [1.807, 2.05) is 0 Å². The summed E-state index contributed by atoms with van der Waals surface area (Å²) in [6.07, 6.45) is -4.25. The standard InChI is InChI=1S/C15H15F4N5O/c1-24-13-12(22-23-24)10(4-5-20-13)14(25)21-7-8-2-3-9(16)6-11(8)15(17,18)19/h2-3,6,10,20H,4-5,7H2,1H3,(H,21,25). The van der Waals surface area contributed by atoms with E-state index in [1.54, 1.807) is 7.05 Å². The number of alkyl halides is 3. The van der Waals surface area contributed by atoms with Crippen LogP contribution < -0.4 is 10.6 Å². The summed E-state index contributed by atoms with van der Waals surface area (Å²) in [6, 6.07) is 2.38. The first-order valence-corrected chi connectivity index (χ1v) is 7.54. The highest BCUT2D eigenvalue weighted by Gasteiger charge is 2.35. The molecule has 134 valence electrons. The maximum atomic E-state index is 13.1. The average Bonchev–Trinajstić information content (AvgIpc) is 2.94. The number of nitrogens with one attached hydrogen (secondary N) is 2. The van der Waals surface area contributed by atoms with Crippen LogP contribution in [0.1, 0.15) is 29.2 Å². The number of halogens is 4. The molecule has 0 saturated heterocycles. The summed E-state index contributed by atoms with van der Waals surface area (Å²) in [5, 5.41) is 13.3. The smallest absolute Gasteiger partial charge is 0.369 e. The Morgan fingerprint density at radius 3 is 2.92 bits per heavy atom. The maximum Gasteiger partial charge on any atom is 0.416 e. The van der Waals surface area contributed by atoms with Gasteiger partial charge in [0.1, 0.15) is 17.3 Å². The Kier molecular flexibility index (Phi) is 4.36. The molecule has 2 aromatic rings. The van der Waals surface area contributed by atoms with Gasteiger partial charge in [0.25, 0.3) is 0 Å². The third kappa shape index (κ3) is 3.42. The van der Waals surface area contributed by atoms with Crippen molar-refractivity contribution in [2.45, 2.75) is 25.1 Å². The summed E-state index contributed by atoms with van der Waals surface area (Å²) in [5.74, 6) is -1.41. The van der Waals surface area contributed by atoms with Crippen LogP contribution in [0.2, 0.25) is 0 Å². The Morgan fingerprint density at radius 1 is 1.44 bits per heavy atom. The first-order valence-electron chi connectivity index (χ1n) is 7.54. The molecule has 1 aromatic heterocycles. The van der Waals surface area contributed by atoms with Crippen molar-refractivity contribution in [3.63, 3.8) is 0 Å². The number of carbonyl (C=O) groups is 1. The second-order valence-electron chi connectivity index (χ2n) is 5.73. The molecule has 1 atom stereocenters. The van der Waals surface area contributed by atoms with Gasteiger partial charge < -0.3 is 10.6 Å². The lowest BCUT2D eigenvalue weighted by molar-refractivity contribution is -0.138. The number of amides is 1. The van der Waals surface area contributed by atoms with E-state index in [9.17, 15) is 22.4 Å². The predicted molar refractivity (Wildman–Crippen MR) is 80.1 cm³/mol. The van der Waals surface area contributed by atoms with Gasteiger partial charge in [-0.2, -0.15) is 13.2 Å². The van der Waals surface area contributed by atoms with Crippen LogP contribution in [0.3, 0.4) is 0 Å². The number of fused-ring (bicyclic) bond motifs is 1. The topological polar surface area (TPSA) is 71.8 Å². The average molecular weight is 357 g/mol. The molecule has 2 N–H and O–H groups in total. The summed E-state index contributed by atoms with van der Waals surface area (Å²) in [7, 11) is 1.67. The van der Waals surface area contributed by atoms with Crippen LogP contribution >= 0.6 is 0 Å². The van der Waals surface area contributed by atoms with Gasteiger partial charge >= 0.3 is 6.18 Å². The molecule has 0 saturated carbocycles. The van der Waals surface area contributed by atoms with E-state index in [1.165, 1.54) is 4.68 Å². The second-order valence-corrected chi connectivity index (χ2v) is 5.73. The van der Waals surface area contributed by atoms with Gasteiger partial charge in [-0.15, -0.1) is 5.10 Å². The first-order chi connectivity index (χ1) is 11.8. The summed E-state index contributed by atoms with van der Waals surface area (Å²) >= 11 is 0. The van der Waals surface area contributed by atoms with Gasteiger partial charge in [0.05, 0.1) is 11.5 Å². The van der Waals surface area contributed by atoms with E-state index in [-0.39, 0.29) is 12.1 Å². The number of anilines is 1. The molecule has 1 amide bonds. The SMILES string of the molecule is Cn1nnc2c1NCCC2C(=O)NCc1ccc(F)cc1C(F)(F)F. The van der Waals surface area contributed by atoms with Gasteiger partial charge in [-0.3, -0.25) is 4.79 Å². The lowest BCUT2D eigenvalue weighted by Crippen LogP contribution is -2.33. The molecule has 25 heavy (non-hydrogen) atoms. The normalized spacial score (nSPS) is 16.9. The summed E-state index contributed by atoms with van der Waals surface area (Å²) in [6.45, 7) is 0.171. The van der Waals surface area contributed by atoms with Crippen LogP contribution in [-0.4, -0.2) is 27.4 Å². The third-order valence-electron chi connectivity index (χ3n) is 4.06. The zero-order valence-corrected chi connectivity index (χ0v) is 13.2. The van der Waals surface area contributed by atoms with Crippen LogP contribution in [0.15, 0.2) is 18.2 Å². The quantitative estimate of drug-likeness (QED) is 0.826. The Labute approximate surface area is 140 Å². The van der Waals surface area contributed by atoms with Gasteiger partial charge in [0.2, 0.25) is 5.91 Å². The number of carbonyl (C=O) groups excluding carboxylic acids is 1. The number of nitrogens with zero attached hydrogens (tertiary/aromatic N) is 3. The van der Waals surface area contributed by atoms with Crippen LogP contribution in [0, 0.1) is 5.82 Å². The number of benzene rings is 1. The van der Waals surface area contributed by atoms with Crippen molar-refractivity contribution < 1.29 is 22.4 Å². The van der Waals surface area contributed by atoms with Crippen molar-refractivity contribution in [1.29, 1.82) is 0 Å². The molecule has 0 spiro atoms. The second kappa shape index (κ2) is 6.34. The van der Waals surface area contributed by atoms with E-state index in [4.69, 9.17) is 0 Å². The molecule has 2 heterocycles. The lowest BCUT2D eigenvalue weighted by atomic mass is 9.97. The number of hydrogen-bond acceptors (Lipinski definition) is 4. The van der Waals surface area contributed by atoms with Crippen molar-refractivity contribution in [1.82, 2.24) is 20.3 Å². The maximum absolute atomic E-state index is 13.1. The van der Waals surface area contributed by atoms with E-state index in [2.05, 4.69) is 20.9 Å². The number of aryl methyl sites for hydroxylation is 1. The Morgan fingerprint density at radius 2 is 2.20 bits per heavy atom. The molecule has 6 nitrogen and oxygen atoms in total. The van der Waals surface area contributed by atoms with E-state index < -0.39 is 29.4 Å². The predicted octanol–water partition coefficient (Wildman–Crippen LogP) is 2.19. The van der Waals surface area contributed by atoms with Crippen LogP contribution in [0.4, 0.5) is 23.4 Å². The summed E-state index contributed by atoms with van der Waals surface area (Å²) in [4.78, 5) is 12.4. The van der Waals surface area contributed by atoms with Gasteiger partial charge in [0, 0.05) is 20.1 Å². The molecule has 1 aliphatic rings. The van der Waals surface area contributed by atoms with Gasteiger partial charge in [-0.05, 0) is 24.1 Å². The molecular formula is C15H15F4N5O. The van der Waals surface area contributed by atoms with Crippen molar-refractivity contribution in [3.8, 4) is 0 Å². The van der Waals surface area contributed by atoms with Crippen molar-refractivity contribution in [2.75, 3.05) is 11.9 Å². The van der Waals surface area contributed by atoms with Crippen molar-refractivity contribution in [3.05, 3.63) is 40.8 Å². The zero-order chi connectivity index (χ0) is 18.2. The van der Waals surface area contributed by atoms with Crippen molar-refractivity contribution in [2.24, 2.45) is 7.05 Å². The number of aromatic nitrogens is 3. The zero-order valence-electron chi connectivity index (χ0n) is 13.2. The molecule has 1 aliphatic heterocycles. The first kappa shape index (κ1) is 17.2. The molecule has 0 bridgehead atoms. The highest BCUT2D eigenvalue weighted by atomic mass is 19.4. The molecule has 0 aliphatic carbocycles. The minimum Gasteiger partial charge on any atom is -0.369 e. The molecule has 0 fully saturated rings. The van der Waals surface area contributed by atoms with Gasteiger partial charge in [0.15, 0.2) is 0 Å². The summed E-state index contributed by atoms with van der Waals surface area (Å²) < 4.78 is 53.6. The number of rotatable bonds is 3. The fraction of sp³-hybridized carbons (Fsp3) is 0.400. The van der Waals surface area contributed by atoms with Crippen molar-refractivity contribution >= 4 is 11.7 Å². The molecule has 0 radical (unpaired) electrons. The Balaban J connectivity index is 1.76. The fourth-order valence-corrected chi connectivity index (χ4v) is 2.81.